The minimum atomic E-state index is -0.958. The van der Waals surface area contributed by atoms with Gasteiger partial charge in [-0.15, -0.1) is 0 Å². The number of hydrogen-bond acceptors (Lipinski definition) is 7. The Hall–Kier alpha value is -2.56. The Morgan fingerprint density at radius 3 is 1.78 bits per heavy atom. The summed E-state index contributed by atoms with van der Waals surface area (Å²) >= 11 is 0. The van der Waals surface area contributed by atoms with Gasteiger partial charge in [0.05, 0.1) is 31.0 Å². The SMILES string of the molecule is NC(=O)CN1CCN(CC(=O)O)CCN(CC(=O)O)Cc2cccc(n2)C1. The van der Waals surface area contributed by atoms with Gasteiger partial charge >= 0.3 is 11.9 Å². The zero-order valence-corrected chi connectivity index (χ0v) is 15.1. The van der Waals surface area contributed by atoms with Crippen molar-refractivity contribution < 1.29 is 24.6 Å². The number of hydrogen-bond donors (Lipinski definition) is 3. The zero-order chi connectivity index (χ0) is 19.8. The molecule has 27 heavy (non-hydrogen) atoms. The maximum atomic E-state index is 11.4. The number of pyridine rings is 1. The Bertz CT molecular complexity index is 638. The summed E-state index contributed by atoms with van der Waals surface area (Å²) < 4.78 is 0. The smallest absolute Gasteiger partial charge is 0.317 e. The molecule has 4 N–H and O–H groups in total. The molecule has 1 aliphatic rings. The van der Waals surface area contributed by atoms with Crippen LogP contribution in [0, 0.1) is 0 Å². The molecule has 2 bridgehead atoms. The fourth-order valence-corrected chi connectivity index (χ4v) is 3.03. The van der Waals surface area contributed by atoms with Gasteiger partial charge in [-0.2, -0.15) is 0 Å². The number of carboxylic acid groups (broad SMARTS) is 2. The molecule has 0 radical (unpaired) electrons. The van der Waals surface area contributed by atoms with E-state index in [1.54, 1.807) is 9.80 Å². The van der Waals surface area contributed by atoms with Gasteiger partial charge in [0.1, 0.15) is 0 Å². The number of aliphatic carboxylic acids is 2. The second-order valence-electron chi connectivity index (χ2n) is 6.57. The molecular weight excluding hydrogens is 354 g/mol. The maximum absolute atomic E-state index is 11.4. The first-order chi connectivity index (χ1) is 12.8. The van der Waals surface area contributed by atoms with Crippen LogP contribution >= 0.6 is 0 Å². The van der Waals surface area contributed by atoms with Crippen LogP contribution in [-0.4, -0.2) is 93.6 Å². The number of primary amides is 1. The fraction of sp³-hybridized carbons (Fsp3) is 0.529. The van der Waals surface area contributed by atoms with Gasteiger partial charge in [0, 0.05) is 39.3 Å². The molecule has 10 nitrogen and oxygen atoms in total. The van der Waals surface area contributed by atoms with Crippen molar-refractivity contribution in [2.24, 2.45) is 5.73 Å². The molecule has 0 saturated heterocycles. The standard InChI is InChI=1S/C17H25N5O5/c18-15(23)10-21-6-4-20(11-16(24)25)5-7-22(12-17(26)27)9-14-3-1-2-13(8-21)19-14/h1-3H,4-12H2,(H2,18,23)(H,24,25)(H,26,27). The number of fused-ring (bicyclic) bond motifs is 2. The van der Waals surface area contributed by atoms with Crippen molar-refractivity contribution in [2.75, 3.05) is 45.8 Å². The number of amides is 1. The van der Waals surface area contributed by atoms with E-state index in [9.17, 15) is 14.4 Å². The lowest BCUT2D eigenvalue weighted by atomic mass is 10.2. The lowest BCUT2D eigenvalue weighted by Gasteiger charge is -2.29. The zero-order valence-electron chi connectivity index (χ0n) is 15.1. The van der Waals surface area contributed by atoms with Crippen LogP contribution in [0.3, 0.4) is 0 Å². The molecular formula is C17H25N5O5. The van der Waals surface area contributed by atoms with Crippen molar-refractivity contribution >= 4 is 17.8 Å². The lowest BCUT2D eigenvalue weighted by Crippen LogP contribution is -2.44. The molecule has 2 rings (SSSR count). The van der Waals surface area contributed by atoms with Gasteiger partial charge in [0.15, 0.2) is 0 Å². The highest BCUT2D eigenvalue weighted by atomic mass is 16.4. The van der Waals surface area contributed by atoms with Crippen molar-refractivity contribution in [1.29, 1.82) is 0 Å². The van der Waals surface area contributed by atoms with E-state index in [0.717, 1.165) is 11.4 Å². The largest absolute Gasteiger partial charge is 0.480 e. The van der Waals surface area contributed by atoms with Gasteiger partial charge < -0.3 is 15.9 Å². The van der Waals surface area contributed by atoms with E-state index < -0.39 is 17.8 Å². The number of aromatic nitrogens is 1. The average Bonchev–Trinajstić information content (AvgIpc) is 2.55. The molecule has 0 atom stereocenters. The number of nitrogens with zero attached hydrogens (tertiary/aromatic N) is 4. The topological polar surface area (TPSA) is 140 Å². The molecule has 0 fully saturated rings. The Morgan fingerprint density at radius 1 is 0.852 bits per heavy atom. The second-order valence-corrected chi connectivity index (χ2v) is 6.57. The minimum Gasteiger partial charge on any atom is -0.480 e. The summed E-state index contributed by atoms with van der Waals surface area (Å²) in [4.78, 5) is 43.5. The normalized spacial score (nSPS) is 17.6. The van der Waals surface area contributed by atoms with Crippen molar-refractivity contribution in [2.45, 2.75) is 13.1 Å². The van der Waals surface area contributed by atoms with Crippen LogP contribution in [0.25, 0.3) is 0 Å². The predicted molar refractivity (Wildman–Crippen MR) is 95.7 cm³/mol. The highest BCUT2D eigenvalue weighted by Gasteiger charge is 2.19. The molecule has 1 amide bonds. The summed E-state index contributed by atoms with van der Waals surface area (Å²) in [5.74, 6) is -2.37. The van der Waals surface area contributed by atoms with Gasteiger partial charge in [-0.1, -0.05) is 6.07 Å². The third-order valence-electron chi connectivity index (χ3n) is 4.20. The van der Waals surface area contributed by atoms with Crippen molar-refractivity contribution in [1.82, 2.24) is 19.7 Å². The molecule has 0 spiro atoms. The first-order valence-corrected chi connectivity index (χ1v) is 8.65. The van der Waals surface area contributed by atoms with Crippen molar-refractivity contribution in [3.05, 3.63) is 29.6 Å². The highest BCUT2D eigenvalue weighted by Crippen LogP contribution is 2.09. The molecule has 0 aliphatic carbocycles. The van der Waals surface area contributed by atoms with E-state index in [0.29, 0.717) is 39.3 Å². The molecule has 1 aliphatic heterocycles. The quantitative estimate of drug-likeness (QED) is 0.547. The highest BCUT2D eigenvalue weighted by molar-refractivity contribution is 5.75. The van der Waals surface area contributed by atoms with E-state index >= 15 is 0 Å². The summed E-state index contributed by atoms with van der Waals surface area (Å²) in [6, 6.07) is 5.50. The third-order valence-corrected chi connectivity index (χ3v) is 4.20. The van der Waals surface area contributed by atoms with E-state index in [1.807, 2.05) is 23.1 Å². The number of nitrogens with two attached hydrogens (primary N) is 1. The summed E-state index contributed by atoms with van der Waals surface area (Å²) in [6.45, 7) is 2.13. The van der Waals surface area contributed by atoms with Crippen LogP contribution in [0.5, 0.6) is 0 Å². The van der Waals surface area contributed by atoms with Crippen LogP contribution in [-0.2, 0) is 27.5 Å². The summed E-state index contributed by atoms with van der Waals surface area (Å²) in [7, 11) is 0. The molecule has 148 valence electrons. The number of carbonyl (C=O) groups excluding carboxylic acids is 1. The van der Waals surface area contributed by atoms with Gasteiger partial charge in [-0.25, -0.2) is 0 Å². The van der Waals surface area contributed by atoms with E-state index in [4.69, 9.17) is 15.9 Å². The molecule has 2 heterocycles. The minimum absolute atomic E-state index is 0.0535. The molecule has 0 unspecified atom stereocenters. The Labute approximate surface area is 157 Å². The first kappa shape index (κ1) is 20.7. The van der Waals surface area contributed by atoms with Gasteiger partial charge in [0.2, 0.25) is 5.91 Å². The molecule has 1 aromatic heterocycles. The number of rotatable bonds is 6. The van der Waals surface area contributed by atoms with Crippen LogP contribution < -0.4 is 5.73 Å². The maximum Gasteiger partial charge on any atom is 0.317 e. The van der Waals surface area contributed by atoms with Crippen molar-refractivity contribution in [3.63, 3.8) is 0 Å². The molecule has 0 aromatic carbocycles. The first-order valence-electron chi connectivity index (χ1n) is 8.65. The van der Waals surface area contributed by atoms with E-state index in [1.165, 1.54) is 0 Å². The third kappa shape index (κ3) is 7.69. The van der Waals surface area contributed by atoms with Gasteiger partial charge in [-0.3, -0.25) is 34.1 Å². The Kier molecular flexibility index (Phi) is 7.65. The summed E-state index contributed by atoms with van der Waals surface area (Å²) in [5, 5.41) is 18.3. The molecule has 1 aromatic rings. The molecule has 10 heteroatoms. The van der Waals surface area contributed by atoms with Gasteiger partial charge in [0.25, 0.3) is 0 Å². The summed E-state index contributed by atoms with van der Waals surface area (Å²) in [5.41, 5.74) is 6.79. The Balaban J connectivity index is 2.24. The van der Waals surface area contributed by atoms with E-state index in [-0.39, 0.29) is 19.6 Å². The Morgan fingerprint density at radius 2 is 1.30 bits per heavy atom. The fourth-order valence-electron chi connectivity index (χ4n) is 3.03. The van der Waals surface area contributed by atoms with Crippen LogP contribution in [0.4, 0.5) is 0 Å². The predicted octanol–water partition coefficient (Wildman–Crippen LogP) is -1.34. The monoisotopic (exact) mass is 379 g/mol. The van der Waals surface area contributed by atoms with Crippen LogP contribution in [0.15, 0.2) is 18.2 Å². The van der Waals surface area contributed by atoms with Gasteiger partial charge in [-0.05, 0) is 12.1 Å². The van der Waals surface area contributed by atoms with E-state index in [2.05, 4.69) is 4.98 Å². The average molecular weight is 379 g/mol. The summed E-state index contributed by atoms with van der Waals surface area (Å²) in [6.07, 6.45) is 0. The van der Waals surface area contributed by atoms with Crippen LogP contribution in [0.1, 0.15) is 11.4 Å². The molecule has 0 saturated carbocycles. The number of carbonyl (C=O) groups is 3. The van der Waals surface area contributed by atoms with Crippen molar-refractivity contribution in [3.8, 4) is 0 Å². The number of carboxylic acids is 2. The van der Waals surface area contributed by atoms with Crippen LogP contribution in [0.2, 0.25) is 0 Å². The second kappa shape index (κ2) is 9.95. The lowest BCUT2D eigenvalue weighted by molar-refractivity contribution is -0.140.